The minimum atomic E-state index is -0.0672. The predicted octanol–water partition coefficient (Wildman–Crippen LogP) is 28.1. The second-order valence-electron chi connectivity index (χ2n) is 28.7. The van der Waals surface area contributed by atoms with E-state index in [0.717, 1.165) is 5.69 Å². The van der Waals surface area contributed by atoms with Crippen LogP contribution in [0.4, 0.5) is 0 Å². The molecule has 0 radical (unpaired) electrons. The average Bonchev–Trinajstić information content (AvgIpc) is 1.68. The first-order valence-electron chi connectivity index (χ1n) is 36.9. The molecule has 2 heterocycles. The van der Waals surface area contributed by atoms with E-state index in [-0.39, 0.29) is 5.41 Å². The first-order chi connectivity index (χ1) is 48.8. The van der Waals surface area contributed by atoms with Crippen molar-refractivity contribution in [3.63, 3.8) is 0 Å². The Kier molecular flexibility index (Phi) is 16.5. The van der Waals surface area contributed by atoms with Gasteiger partial charge in [0, 0.05) is 38.3 Å². The number of aromatic nitrogens is 2. The number of hydrogen-bond donors (Lipinski definition) is 0. The van der Waals surface area contributed by atoms with E-state index in [1.54, 1.807) is 11.1 Å². The summed E-state index contributed by atoms with van der Waals surface area (Å²) in [4.78, 5) is 0. The molecule has 0 N–H and O–H groups in total. The Bertz CT molecular complexity index is 5680. The molecule has 16 aromatic rings. The maximum atomic E-state index is 2.65. The molecule has 17 rings (SSSR count). The number of aryl methyl sites for hydroxylation is 2. The second-order valence-corrected chi connectivity index (χ2v) is 28.7. The molecule has 0 saturated carbocycles. The molecular weight excluding hydrogens is 1190 g/mol. The van der Waals surface area contributed by atoms with E-state index >= 15 is 0 Å². The van der Waals surface area contributed by atoms with E-state index in [9.17, 15) is 0 Å². The van der Waals surface area contributed by atoms with Gasteiger partial charge in [0.25, 0.3) is 0 Å². The molecule has 2 heteroatoms. The standard InChI is InChI=1S/C97H86N2/c1-5-7-9-11-13-24-54-97(55-25-14-12-10-8-6-2)91-62-73(69-40-38-68(39-41-69)67-36-34-65(3)35-37-67)43-49-83(91)84-50-44-74(63-92(84)97)76-57-66(4)56-75(58-76)72-42-48-81-82-51-47-78(64-88(82)80-29-19-18-28-79(80)87(81)59-72)99-94-33-23-21-31-86(94)90-61-71(46-53-96(90)99)70-45-52-95-89(60-70)85-30-20-22-32-93(85)98(95)77-26-16-15-17-27-77/h15-23,26-53,56-64H,5-14,24-25,54-55H2,1-4H3. The van der Waals surface area contributed by atoms with Gasteiger partial charge in [-0.15, -0.1) is 0 Å². The first kappa shape index (κ1) is 62.0. The summed E-state index contributed by atoms with van der Waals surface area (Å²) in [5.74, 6) is 0. The van der Waals surface area contributed by atoms with Crippen molar-refractivity contribution in [3.8, 4) is 78.1 Å². The third kappa shape index (κ3) is 11.2. The van der Waals surface area contributed by atoms with Crippen LogP contribution < -0.4 is 0 Å². The fourth-order valence-corrected chi connectivity index (χ4v) is 17.4. The van der Waals surface area contributed by atoms with Gasteiger partial charge in [0.2, 0.25) is 0 Å². The molecule has 0 fully saturated rings. The topological polar surface area (TPSA) is 9.86 Å². The van der Waals surface area contributed by atoms with Crippen LogP contribution >= 0.6 is 0 Å². The Morgan fingerprint density at radius 2 is 0.606 bits per heavy atom. The molecule has 0 aliphatic heterocycles. The van der Waals surface area contributed by atoms with Crippen LogP contribution in [0.5, 0.6) is 0 Å². The smallest absolute Gasteiger partial charge is 0.0541 e. The van der Waals surface area contributed by atoms with E-state index in [1.807, 2.05) is 0 Å². The van der Waals surface area contributed by atoms with Gasteiger partial charge in [0.1, 0.15) is 0 Å². The predicted molar refractivity (Wildman–Crippen MR) is 426 cm³/mol. The lowest BCUT2D eigenvalue weighted by Gasteiger charge is -2.33. The number of nitrogens with zero attached hydrogens (tertiary/aromatic N) is 2. The molecule has 1 aliphatic rings. The highest BCUT2D eigenvalue weighted by Gasteiger charge is 2.43. The molecule has 484 valence electrons. The van der Waals surface area contributed by atoms with Crippen LogP contribution in [0, 0.1) is 13.8 Å². The molecule has 14 aromatic carbocycles. The molecule has 2 aromatic heterocycles. The molecular formula is C97H86N2. The van der Waals surface area contributed by atoms with Gasteiger partial charge in [0.05, 0.1) is 22.1 Å². The van der Waals surface area contributed by atoms with Crippen LogP contribution in [-0.2, 0) is 5.41 Å². The van der Waals surface area contributed by atoms with Crippen LogP contribution in [0.3, 0.4) is 0 Å². The van der Waals surface area contributed by atoms with E-state index in [4.69, 9.17) is 0 Å². The van der Waals surface area contributed by atoms with Crippen LogP contribution in [0.25, 0.3) is 154 Å². The Morgan fingerprint density at radius 1 is 0.232 bits per heavy atom. The van der Waals surface area contributed by atoms with Gasteiger partial charge < -0.3 is 9.13 Å². The van der Waals surface area contributed by atoms with Gasteiger partial charge in [-0.2, -0.15) is 0 Å². The van der Waals surface area contributed by atoms with Gasteiger partial charge in [-0.1, -0.05) is 291 Å². The highest BCUT2D eigenvalue weighted by Crippen LogP contribution is 2.56. The Morgan fingerprint density at radius 3 is 1.16 bits per heavy atom. The summed E-state index contributed by atoms with van der Waals surface area (Å²) in [6, 6.07) is 107. The molecule has 0 unspecified atom stereocenters. The number of para-hydroxylation sites is 3. The summed E-state index contributed by atoms with van der Waals surface area (Å²) in [6.07, 6.45) is 17.9. The van der Waals surface area contributed by atoms with Crippen molar-refractivity contribution in [3.05, 3.63) is 301 Å². The van der Waals surface area contributed by atoms with Crippen LogP contribution in [0.2, 0.25) is 0 Å². The minimum absolute atomic E-state index is 0.0672. The minimum Gasteiger partial charge on any atom is -0.309 e. The molecule has 0 atom stereocenters. The van der Waals surface area contributed by atoms with Crippen molar-refractivity contribution in [2.24, 2.45) is 0 Å². The molecule has 99 heavy (non-hydrogen) atoms. The molecule has 1 aliphatic carbocycles. The number of benzene rings is 14. The normalized spacial score (nSPS) is 12.7. The summed E-state index contributed by atoms with van der Waals surface area (Å²) >= 11 is 0. The Hall–Kier alpha value is -10.5. The lowest BCUT2D eigenvalue weighted by molar-refractivity contribution is 0.398. The first-order valence-corrected chi connectivity index (χ1v) is 36.9. The van der Waals surface area contributed by atoms with Crippen LogP contribution in [0.15, 0.2) is 279 Å². The van der Waals surface area contributed by atoms with E-state index in [0.29, 0.717) is 0 Å². The molecule has 0 amide bonds. The summed E-state index contributed by atoms with van der Waals surface area (Å²) in [5.41, 5.74) is 28.3. The highest BCUT2D eigenvalue weighted by molar-refractivity contribution is 6.26. The summed E-state index contributed by atoms with van der Waals surface area (Å²) < 4.78 is 4.88. The van der Waals surface area contributed by atoms with Crippen LogP contribution in [-0.4, -0.2) is 9.13 Å². The number of fused-ring (bicyclic) bond motifs is 15. The van der Waals surface area contributed by atoms with E-state index in [2.05, 4.69) is 316 Å². The third-order valence-corrected chi connectivity index (χ3v) is 22.4. The summed E-state index contributed by atoms with van der Waals surface area (Å²) in [7, 11) is 0. The van der Waals surface area contributed by atoms with Crippen molar-refractivity contribution >= 4 is 75.9 Å². The second kappa shape index (κ2) is 26.4. The van der Waals surface area contributed by atoms with E-state index in [1.165, 1.54) is 249 Å². The van der Waals surface area contributed by atoms with E-state index < -0.39 is 0 Å². The van der Waals surface area contributed by atoms with Crippen molar-refractivity contribution < 1.29 is 0 Å². The average molecular weight is 1280 g/mol. The Labute approximate surface area is 583 Å². The number of hydrogen-bond acceptors (Lipinski definition) is 0. The fraction of sp³-hybridized carbons (Fsp3) is 0.196. The monoisotopic (exact) mass is 1280 g/mol. The van der Waals surface area contributed by atoms with Crippen molar-refractivity contribution in [2.75, 3.05) is 0 Å². The lowest BCUT2D eigenvalue weighted by atomic mass is 9.70. The summed E-state index contributed by atoms with van der Waals surface area (Å²) in [6.45, 7) is 9.12. The van der Waals surface area contributed by atoms with Crippen molar-refractivity contribution in [2.45, 2.75) is 123 Å². The van der Waals surface area contributed by atoms with Gasteiger partial charge in [-0.3, -0.25) is 0 Å². The third-order valence-electron chi connectivity index (χ3n) is 22.4. The molecule has 0 saturated heterocycles. The van der Waals surface area contributed by atoms with Crippen molar-refractivity contribution in [1.82, 2.24) is 9.13 Å². The van der Waals surface area contributed by atoms with Crippen molar-refractivity contribution in [1.29, 1.82) is 0 Å². The largest absolute Gasteiger partial charge is 0.309 e. The van der Waals surface area contributed by atoms with Gasteiger partial charge in [-0.05, 0) is 227 Å². The van der Waals surface area contributed by atoms with Gasteiger partial charge in [0.15, 0.2) is 0 Å². The number of rotatable bonds is 21. The fourth-order valence-electron chi connectivity index (χ4n) is 17.4. The highest BCUT2D eigenvalue weighted by atomic mass is 15.0. The number of unbranched alkanes of at least 4 members (excludes halogenated alkanes) is 10. The molecule has 2 nitrogen and oxygen atoms in total. The quantitative estimate of drug-likeness (QED) is 0.0501. The maximum Gasteiger partial charge on any atom is 0.0541 e. The zero-order valence-corrected chi connectivity index (χ0v) is 57.9. The Balaban J connectivity index is 0.724. The van der Waals surface area contributed by atoms with Gasteiger partial charge in [-0.25, -0.2) is 0 Å². The molecule has 0 spiro atoms. The zero-order chi connectivity index (χ0) is 66.6. The SMILES string of the molecule is CCCCCCCCC1(CCCCCCCC)c2cc(-c3ccc(-c4ccc(C)cc4)cc3)ccc2-c2ccc(-c3cc(C)cc(-c4ccc5c6ccc(-n7c8ccccc8c8cc(-c9ccc%10c(c9)c9ccccc9n%10-c9ccccc9)ccc87)cc6c6ccccc6c5c4)c3)cc21. The maximum absolute atomic E-state index is 2.65. The van der Waals surface area contributed by atoms with Gasteiger partial charge >= 0.3 is 0 Å². The zero-order valence-electron chi connectivity index (χ0n) is 57.9. The van der Waals surface area contributed by atoms with Crippen LogP contribution in [0.1, 0.15) is 126 Å². The molecule has 0 bridgehead atoms. The summed E-state index contributed by atoms with van der Waals surface area (Å²) in [5, 5.41) is 12.6. The lowest BCUT2D eigenvalue weighted by Crippen LogP contribution is -2.25.